The lowest BCUT2D eigenvalue weighted by atomic mass is 10.2. The summed E-state index contributed by atoms with van der Waals surface area (Å²) in [5.41, 5.74) is 8.53. The van der Waals surface area contributed by atoms with Crippen LogP contribution in [0.4, 0.5) is 11.5 Å². The molecule has 2 aromatic heterocycles. The predicted octanol–water partition coefficient (Wildman–Crippen LogP) is 2.08. The molecule has 27 heavy (non-hydrogen) atoms. The fourth-order valence-corrected chi connectivity index (χ4v) is 3.31. The average Bonchev–Trinajstić information content (AvgIpc) is 3.10. The normalized spacial score (nSPS) is 15.0. The van der Waals surface area contributed by atoms with E-state index < -0.39 is 0 Å². The van der Waals surface area contributed by atoms with Crippen LogP contribution in [-0.4, -0.2) is 66.4 Å². The van der Waals surface area contributed by atoms with Crippen molar-refractivity contribution in [2.75, 3.05) is 57.6 Å². The monoisotopic (exact) mass is 366 g/mol. The molecule has 1 saturated heterocycles. The third-order valence-corrected chi connectivity index (χ3v) is 4.87. The number of aromatic nitrogens is 3. The summed E-state index contributed by atoms with van der Waals surface area (Å²) < 4.78 is 7.73. The molecule has 3 heterocycles. The summed E-state index contributed by atoms with van der Waals surface area (Å²) in [6.45, 7) is 4.98. The maximum Gasteiger partial charge on any atom is 0.163 e. The van der Waals surface area contributed by atoms with Gasteiger partial charge in [0.15, 0.2) is 5.82 Å². The Balaban J connectivity index is 1.82. The van der Waals surface area contributed by atoms with E-state index in [1.54, 1.807) is 0 Å². The number of anilines is 2. The second-order valence-corrected chi connectivity index (χ2v) is 7.14. The number of likely N-dealkylation sites (N-methyl/N-ethyl adjacent to an activating group) is 1. The number of fused-ring (bicyclic) bond motifs is 1. The Labute approximate surface area is 159 Å². The first-order valence-corrected chi connectivity index (χ1v) is 9.32. The molecular weight excluding hydrogens is 340 g/mol. The number of nitrogens with two attached hydrogens (primary N) is 1. The van der Waals surface area contributed by atoms with Gasteiger partial charge in [0.1, 0.15) is 11.5 Å². The van der Waals surface area contributed by atoms with Crippen LogP contribution in [0, 0.1) is 0 Å². The van der Waals surface area contributed by atoms with Crippen molar-refractivity contribution < 1.29 is 4.74 Å². The highest BCUT2D eigenvalue weighted by Gasteiger charge is 2.20. The molecule has 142 valence electrons. The van der Waals surface area contributed by atoms with Gasteiger partial charge < -0.3 is 24.8 Å². The molecule has 0 aliphatic carbocycles. The highest BCUT2D eigenvalue weighted by atomic mass is 16.5. The number of hydrogen-bond donors (Lipinski definition) is 1. The van der Waals surface area contributed by atoms with E-state index in [0.717, 1.165) is 73.3 Å². The van der Waals surface area contributed by atoms with Crippen molar-refractivity contribution in [3.63, 3.8) is 0 Å². The Bertz CT molecular complexity index is 912. The van der Waals surface area contributed by atoms with E-state index in [-0.39, 0.29) is 0 Å². The molecule has 4 rings (SSSR count). The molecule has 2 N–H and O–H groups in total. The highest BCUT2D eigenvalue weighted by molar-refractivity contribution is 5.90. The van der Waals surface area contributed by atoms with Crippen molar-refractivity contribution in [3.8, 4) is 11.4 Å². The molecule has 1 aliphatic rings. The van der Waals surface area contributed by atoms with Crippen LogP contribution in [0.3, 0.4) is 0 Å². The van der Waals surface area contributed by atoms with Crippen LogP contribution in [0.1, 0.15) is 0 Å². The van der Waals surface area contributed by atoms with Crippen molar-refractivity contribution in [2.45, 2.75) is 6.54 Å². The number of ether oxygens (including phenoxy) is 1. The highest BCUT2D eigenvalue weighted by Crippen LogP contribution is 2.29. The summed E-state index contributed by atoms with van der Waals surface area (Å²) >= 11 is 0. The van der Waals surface area contributed by atoms with Crippen molar-refractivity contribution in [1.29, 1.82) is 0 Å². The van der Waals surface area contributed by atoms with E-state index in [0.29, 0.717) is 0 Å². The number of rotatable bonds is 5. The second kappa shape index (κ2) is 7.54. The van der Waals surface area contributed by atoms with E-state index in [2.05, 4.69) is 40.7 Å². The molecule has 1 aromatic carbocycles. The zero-order valence-electron chi connectivity index (χ0n) is 15.9. The molecule has 7 heteroatoms. The second-order valence-electron chi connectivity index (χ2n) is 7.14. The summed E-state index contributed by atoms with van der Waals surface area (Å²) in [7, 11) is 4.17. The fourth-order valence-electron chi connectivity index (χ4n) is 3.31. The van der Waals surface area contributed by atoms with Crippen LogP contribution < -0.4 is 10.6 Å². The summed E-state index contributed by atoms with van der Waals surface area (Å²) in [6, 6.07) is 9.87. The van der Waals surface area contributed by atoms with E-state index >= 15 is 0 Å². The number of morpholine rings is 1. The van der Waals surface area contributed by atoms with Gasteiger partial charge in [-0.05, 0) is 44.4 Å². The summed E-state index contributed by atoms with van der Waals surface area (Å²) in [4.78, 5) is 14.3. The summed E-state index contributed by atoms with van der Waals surface area (Å²) in [6.07, 6.45) is 2.11. The van der Waals surface area contributed by atoms with Gasteiger partial charge in [-0.2, -0.15) is 0 Å². The van der Waals surface area contributed by atoms with Gasteiger partial charge in [-0.1, -0.05) is 0 Å². The zero-order chi connectivity index (χ0) is 18.8. The SMILES string of the molecule is CN(C)CCn1ccc2c(N3CCOCC3)nc(-c3ccc(N)cc3)nc21. The molecule has 0 bridgehead atoms. The number of nitrogen functional groups attached to an aromatic ring is 1. The van der Waals surface area contributed by atoms with Crippen molar-refractivity contribution in [3.05, 3.63) is 36.5 Å². The molecule has 0 spiro atoms. The molecule has 0 atom stereocenters. The van der Waals surface area contributed by atoms with Crippen molar-refractivity contribution >= 4 is 22.5 Å². The van der Waals surface area contributed by atoms with E-state index in [1.807, 2.05) is 24.3 Å². The summed E-state index contributed by atoms with van der Waals surface area (Å²) in [5.74, 6) is 1.72. The fraction of sp³-hybridized carbons (Fsp3) is 0.400. The molecule has 1 aliphatic heterocycles. The average molecular weight is 366 g/mol. The van der Waals surface area contributed by atoms with Gasteiger partial charge in [0, 0.05) is 43.6 Å². The first-order chi connectivity index (χ1) is 13.1. The van der Waals surface area contributed by atoms with E-state index in [4.69, 9.17) is 20.4 Å². The molecule has 7 nitrogen and oxygen atoms in total. The van der Waals surface area contributed by atoms with Gasteiger partial charge in [-0.25, -0.2) is 9.97 Å². The van der Waals surface area contributed by atoms with Gasteiger partial charge in [-0.15, -0.1) is 0 Å². The number of hydrogen-bond acceptors (Lipinski definition) is 6. The number of benzene rings is 1. The van der Waals surface area contributed by atoms with E-state index in [1.165, 1.54) is 0 Å². The van der Waals surface area contributed by atoms with Crippen LogP contribution in [0.2, 0.25) is 0 Å². The maximum atomic E-state index is 5.85. The Morgan fingerprint density at radius 2 is 1.81 bits per heavy atom. The quantitative estimate of drug-likeness (QED) is 0.697. The van der Waals surface area contributed by atoms with E-state index in [9.17, 15) is 0 Å². The molecular formula is C20H26N6O. The Kier molecular flexibility index (Phi) is 4.96. The van der Waals surface area contributed by atoms with Gasteiger partial charge in [-0.3, -0.25) is 0 Å². The Morgan fingerprint density at radius 3 is 2.52 bits per heavy atom. The molecule has 3 aromatic rings. The van der Waals surface area contributed by atoms with Crippen molar-refractivity contribution in [2.24, 2.45) is 0 Å². The van der Waals surface area contributed by atoms with Crippen LogP contribution in [0.5, 0.6) is 0 Å². The number of nitrogens with zero attached hydrogens (tertiary/aromatic N) is 5. The Morgan fingerprint density at radius 1 is 1.07 bits per heavy atom. The van der Waals surface area contributed by atoms with Crippen LogP contribution in [0.25, 0.3) is 22.4 Å². The molecule has 0 amide bonds. The third kappa shape index (κ3) is 3.74. The smallest absolute Gasteiger partial charge is 0.163 e. The minimum absolute atomic E-state index is 0.726. The van der Waals surface area contributed by atoms with Crippen LogP contribution >= 0.6 is 0 Å². The minimum Gasteiger partial charge on any atom is -0.399 e. The van der Waals surface area contributed by atoms with Gasteiger partial charge in [0.2, 0.25) is 0 Å². The molecule has 0 saturated carbocycles. The first-order valence-electron chi connectivity index (χ1n) is 9.32. The third-order valence-electron chi connectivity index (χ3n) is 4.87. The molecule has 0 radical (unpaired) electrons. The largest absolute Gasteiger partial charge is 0.399 e. The van der Waals surface area contributed by atoms with Crippen LogP contribution in [0.15, 0.2) is 36.5 Å². The zero-order valence-corrected chi connectivity index (χ0v) is 15.9. The summed E-state index contributed by atoms with van der Waals surface area (Å²) in [5, 5.41) is 1.09. The minimum atomic E-state index is 0.726. The lowest BCUT2D eigenvalue weighted by molar-refractivity contribution is 0.122. The predicted molar refractivity (Wildman–Crippen MR) is 109 cm³/mol. The first kappa shape index (κ1) is 17.8. The lowest BCUT2D eigenvalue weighted by Crippen LogP contribution is -2.37. The van der Waals surface area contributed by atoms with Gasteiger partial charge in [0.25, 0.3) is 0 Å². The van der Waals surface area contributed by atoms with Crippen LogP contribution in [-0.2, 0) is 11.3 Å². The topological polar surface area (TPSA) is 72.4 Å². The van der Waals surface area contributed by atoms with Gasteiger partial charge in [0.05, 0.1) is 18.6 Å². The van der Waals surface area contributed by atoms with Gasteiger partial charge >= 0.3 is 0 Å². The molecule has 0 unspecified atom stereocenters. The molecule has 1 fully saturated rings. The Hall–Kier alpha value is -2.64. The lowest BCUT2D eigenvalue weighted by Gasteiger charge is -2.28. The standard InChI is InChI=1S/C20H26N6O/c1-24(2)9-10-25-8-7-17-19(25)22-18(15-3-5-16(21)6-4-15)23-20(17)26-11-13-27-14-12-26/h3-8H,9-14,21H2,1-2H3. The maximum absolute atomic E-state index is 5.85. The van der Waals surface area contributed by atoms with Crippen molar-refractivity contribution in [1.82, 2.24) is 19.4 Å².